The van der Waals surface area contributed by atoms with Crippen LogP contribution in [0.3, 0.4) is 0 Å². The van der Waals surface area contributed by atoms with E-state index in [0.717, 1.165) is 16.7 Å². The molecular weight excluding hydrogens is 224 g/mol. The van der Waals surface area contributed by atoms with Gasteiger partial charge >= 0.3 is 5.97 Å². The Bertz CT molecular complexity index is 438. The molecule has 0 N–H and O–H groups in total. The third-order valence-electron chi connectivity index (χ3n) is 1.63. The number of hydrogen-bond donors (Lipinski definition) is 0. The molecule has 1 aromatic carbocycles. The van der Waals surface area contributed by atoms with Gasteiger partial charge in [-0.25, -0.2) is 4.79 Å². The third kappa shape index (κ3) is 3.90. The predicted octanol–water partition coefficient (Wildman–Crippen LogP) is 2.81. The van der Waals surface area contributed by atoms with Crippen molar-refractivity contribution in [3.05, 3.63) is 36.4 Å². The van der Waals surface area contributed by atoms with Crippen molar-refractivity contribution >= 4 is 22.8 Å². The van der Waals surface area contributed by atoms with Gasteiger partial charge in [-0.3, -0.25) is 4.79 Å². The molecule has 0 saturated heterocycles. The monoisotopic (exact) mass is 236 g/mol. The maximum absolute atomic E-state index is 11.3. The van der Waals surface area contributed by atoms with Gasteiger partial charge in [0.1, 0.15) is 5.75 Å². The molecule has 84 valence electrons. The van der Waals surface area contributed by atoms with Crippen LogP contribution in [-0.2, 0) is 9.59 Å². The molecule has 0 heterocycles. The van der Waals surface area contributed by atoms with Crippen molar-refractivity contribution in [3.63, 3.8) is 0 Å². The maximum Gasteiger partial charge on any atom is 0.338 e. The van der Waals surface area contributed by atoms with E-state index < -0.39 is 5.97 Å². The summed E-state index contributed by atoms with van der Waals surface area (Å²) in [5.41, 5.74) is 0.338. The number of hydrogen-bond acceptors (Lipinski definition) is 4. The zero-order chi connectivity index (χ0) is 12.1. The second-order valence-electron chi connectivity index (χ2n) is 3.24. The van der Waals surface area contributed by atoms with E-state index in [2.05, 4.69) is 6.58 Å². The van der Waals surface area contributed by atoms with E-state index in [-0.39, 0.29) is 5.12 Å². The SMILES string of the molecule is C=C(C)C(=O)Oc1cccc(SC(C)=O)c1. The highest BCUT2D eigenvalue weighted by Crippen LogP contribution is 2.23. The number of esters is 1. The fourth-order valence-corrected chi connectivity index (χ4v) is 1.61. The number of rotatable bonds is 3. The molecule has 0 radical (unpaired) electrons. The van der Waals surface area contributed by atoms with Crippen molar-refractivity contribution in [3.8, 4) is 5.75 Å². The van der Waals surface area contributed by atoms with Crippen molar-refractivity contribution in [1.29, 1.82) is 0 Å². The van der Waals surface area contributed by atoms with Crippen molar-refractivity contribution in [2.24, 2.45) is 0 Å². The van der Waals surface area contributed by atoms with Crippen LogP contribution in [0.25, 0.3) is 0 Å². The molecule has 0 spiro atoms. The van der Waals surface area contributed by atoms with E-state index >= 15 is 0 Å². The summed E-state index contributed by atoms with van der Waals surface area (Å²) in [5, 5.41) is -0.0108. The molecule has 0 fully saturated rings. The summed E-state index contributed by atoms with van der Waals surface area (Å²) in [7, 11) is 0. The van der Waals surface area contributed by atoms with Gasteiger partial charge in [-0.1, -0.05) is 24.4 Å². The first-order chi connectivity index (χ1) is 7.49. The van der Waals surface area contributed by atoms with Crippen LogP contribution in [0.1, 0.15) is 13.8 Å². The van der Waals surface area contributed by atoms with Crippen LogP contribution in [0.4, 0.5) is 0 Å². The van der Waals surface area contributed by atoms with E-state index in [9.17, 15) is 9.59 Å². The fraction of sp³-hybridized carbons (Fsp3) is 0.167. The molecule has 1 aromatic rings. The van der Waals surface area contributed by atoms with Crippen molar-refractivity contribution in [2.45, 2.75) is 18.7 Å². The zero-order valence-corrected chi connectivity index (χ0v) is 9.97. The Hall–Kier alpha value is -1.55. The molecule has 0 aliphatic carbocycles. The van der Waals surface area contributed by atoms with Crippen molar-refractivity contribution < 1.29 is 14.3 Å². The van der Waals surface area contributed by atoms with E-state index in [0.29, 0.717) is 11.3 Å². The lowest BCUT2D eigenvalue weighted by Gasteiger charge is -2.04. The van der Waals surface area contributed by atoms with E-state index in [1.54, 1.807) is 31.2 Å². The lowest BCUT2D eigenvalue weighted by molar-refractivity contribution is -0.130. The van der Waals surface area contributed by atoms with Crippen LogP contribution in [0, 0.1) is 0 Å². The Balaban J connectivity index is 2.78. The lowest BCUT2D eigenvalue weighted by Crippen LogP contribution is -2.08. The van der Waals surface area contributed by atoms with Gasteiger partial charge in [0.05, 0.1) is 0 Å². The second-order valence-corrected chi connectivity index (χ2v) is 4.49. The molecule has 0 atom stereocenters. The first-order valence-corrected chi connectivity index (χ1v) is 5.47. The van der Waals surface area contributed by atoms with E-state index in [4.69, 9.17) is 4.74 Å². The first-order valence-electron chi connectivity index (χ1n) is 4.65. The number of ether oxygens (including phenoxy) is 1. The van der Waals surface area contributed by atoms with Crippen molar-refractivity contribution in [2.75, 3.05) is 0 Å². The Morgan fingerprint density at radius 3 is 2.56 bits per heavy atom. The Labute approximate surface area is 98.5 Å². The molecule has 1 rings (SSSR count). The molecule has 4 heteroatoms. The highest BCUT2D eigenvalue weighted by atomic mass is 32.2. The van der Waals surface area contributed by atoms with Gasteiger partial charge in [0, 0.05) is 17.4 Å². The van der Waals surface area contributed by atoms with Crippen LogP contribution in [-0.4, -0.2) is 11.1 Å². The van der Waals surface area contributed by atoms with Gasteiger partial charge in [-0.05, 0) is 25.1 Å². The van der Waals surface area contributed by atoms with E-state index in [1.165, 1.54) is 6.92 Å². The number of benzene rings is 1. The van der Waals surface area contributed by atoms with Crippen LogP contribution >= 0.6 is 11.8 Å². The molecule has 16 heavy (non-hydrogen) atoms. The molecule has 0 aromatic heterocycles. The van der Waals surface area contributed by atoms with Crippen LogP contribution in [0.15, 0.2) is 41.3 Å². The Kier molecular flexibility index (Phi) is 4.31. The highest BCUT2D eigenvalue weighted by Gasteiger charge is 2.06. The average molecular weight is 236 g/mol. The lowest BCUT2D eigenvalue weighted by atomic mass is 10.3. The smallest absolute Gasteiger partial charge is 0.338 e. The van der Waals surface area contributed by atoms with Gasteiger partial charge < -0.3 is 4.74 Å². The highest BCUT2D eigenvalue weighted by molar-refractivity contribution is 8.13. The maximum atomic E-state index is 11.3. The van der Waals surface area contributed by atoms with Gasteiger partial charge in [-0.15, -0.1) is 0 Å². The molecule has 0 amide bonds. The topological polar surface area (TPSA) is 43.4 Å². The van der Waals surface area contributed by atoms with Gasteiger partial charge in [0.2, 0.25) is 0 Å². The fourth-order valence-electron chi connectivity index (χ4n) is 0.961. The molecule has 0 aliphatic heterocycles. The van der Waals surface area contributed by atoms with E-state index in [1.807, 2.05) is 0 Å². The molecule has 3 nitrogen and oxygen atoms in total. The third-order valence-corrected chi connectivity index (χ3v) is 2.40. The van der Waals surface area contributed by atoms with Gasteiger partial charge in [0.15, 0.2) is 5.12 Å². The second kappa shape index (κ2) is 5.51. The molecule has 0 saturated carbocycles. The van der Waals surface area contributed by atoms with Gasteiger partial charge in [0.25, 0.3) is 0 Å². The molecule has 0 unspecified atom stereocenters. The standard InChI is InChI=1S/C12H12O3S/c1-8(2)12(14)15-10-5-4-6-11(7-10)16-9(3)13/h4-7H,1H2,2-3H3. The average Bonchev–Trinajstić information content (AvgIpc) is 2.16. The number of carbonyl (C=O) groups is 2. The Morgan fingerprint density at radius 1 is 1.31 bits per heavy atom. The molecular formula is C12H12O3S. The van der Waals surface area contributed by atoms with Gasteiger partial charge in [-0.2, -0.15) is 0 Å². The van der Waals surface area contributed by atoms with Crippen LogP contribution in [0.5, 0.6) is 5.75 Å². The minimum Gasteiger partial charge on any atom is -0.423 e. The van der Waals surface area contributed by atoms with Crippen molar-refractivity contribution in [1.82, 2.24) is 0 Å². The predicted molar refractivity (Wildman–Crippen MR) is 63.4 cm³/mol. The summed E-state index contributed by atoms with van der Waals surface area (Å²) in [4.78, 5) is 22.9. The minimum atomic E-state index is -0.468. The summed E-state index contributed by atoms with van der Waals surface area (Å²) in [6.45, 7) is 6.55. The summed E-state index contributed by atoms with van der Waals surface area (Å²) in [6, 6.07) is 6.81. The number of carbonyl (C=O) groups excluding carboxylic acids is 2. The first kappa shape index (κ1) is 12.5. The summed E-state index contributed by atoms with van der Waals surface area (Å²) < 4.78 is 5.03. The molecule has 0 aliphatic rings. The largest absolute Gasteiger partial charge is 0.423 e. The normalized spacial score (nSPS) is 9.62. The van der Waals surface area contributed by atoms with Crippen LogP contribution in [0.2, 0.25) is 0 Å². The summed E-state index contributed by atoms with van der Waals surface area (Å²) in [6.07, 6.45) is 0. The summed E-state index contributed by atoms with van der Waals surface area (Å²) in [5.74, 6) is -0.0516. The summed E-state index contributed by atoms with van der Waals surface area (Å²) >= 11 is 1.10. The molecule has 0 bridgehead atoms. The zero-order valence-electron chi connectivity index (χ0n) is 9.15. The Morgan fingerprint density at radius 2 is 2.00 bits per heavy atom. The van der Waals surface area contributed by atoms with Crippen LogP contribution < -0.4 is 4.74 Å². The minimum absolute atomic E-state index is 0.0108. The number of thioether (sulfide) groups is 1. The quantitative estimate of drug-likeness (QED) is 0.350.